The van der Waals surface area contributed by atoms with Gasteiger partial charge in [-0.15, -0.1) is 0 Å². The Bertz CT molecular complexity index is 337. The Hall–Kier alpha value is -1.45. The fraction of sp³-hybridized carbons (Fsp3) is 0.286. The average molecular weight is 149 g/mol. The van der Waals surface area contributed by atoms with Gasteiger partial charge in [0.15, 0.2) is 0 Å². The van der Waals surface area contributed by atoms with Crippen LogP contribution in [-0.4, -0.2) is 21.7 Å². The second-order valence-electron chi connectivity index (χ2n) is 2.50. The highest BCUT2D eigenvalue weighted by atomic mass is 16.1. The molecule has 0 aromatic carbocycles. The van der Waals surface area contributed by atoms with Crippen LogP contribution in [0.3, 0.4) is 0 Å². The number of hydrogen-bond donors (Lipinski definition) is 0. The van der Waals surface area contributed by atoms with Crippen LogP contribution in [0.25, 0.3) is 0 Å². The smallest absolute Gasteiger partial charge is 0.265 e. The molecule has 0 unspecified atom stereocenters. The summed E-state index contributed by atoms with van der Waals surface area (Å²) >= 11 is 0. The van der Waals surface area contributed by atoms with Crippen LogP contribution in [0.15, 0.2) is 11.3 Å². The van der Waals surface area contributed by atoms with E-state index in [1.54, 1.807) is 17.1 Å². The van der Waals surface area contributed by atoms with Crippen LogP contribution in [0, 0.1) is 6.92 Å². The molecule has 2 rings (SSSR count). The Labute approximate surface area is 63.6 Å². The Kier molecular flexibility index (Phi) is 1.15. The number of aryl methyl sites for hydroxylation is 1. The highest BCUT2D eigenvalue weighted by Gasteiger charge is 2.12. The van der Waals surface area contributed by atoms with Gasteiger partial charge in [0.25, 0.3) is 5.91 Å². The number of fused-ring (bicyclic) bond motifs is 1. The lowest BCUT2D eigenvalue weighted by molar-refractivity contribution is -0.118. The zero-order valence-electron chi connectivity index (χ0n) is 6.11. The normalized spacial score (nSPS) is 15.2. The summed E-state index contributed by atoms with van der Waals surface area (Å²) in [5, 5.41) is 0. The van der Waals surface area contributed by atoms with Crippen molar-refractivity contribution >= 4 is 12.1 Å². The van der Waals surface area contributed by atoms with E-state index >= 15 is 0 Å². The molecule has 0 radical (unpaired) electrons. The van der Waals surface area contributed by atoms with Crippen molar-refractivity contribution < 1.29 is 4.79 Å². The monoisotopic (exact) mass is 149 g/mol. The first-order valence-electron chi connectivity index (χ1n) is 3.36. The minimum Gasteiger partial charge on any atom is -0.320 e. The van der Waals surface area contributed by atoms with Gasteiger partial charge in [-0.05, 0) is 6.92 Å². The van der Waals surface area contributed by atoms with Crippen LogP contribution >= 0.6 is 0 Å². The number of aliphatic imine (C=N–C) groups is 1. The molecule has 1 aromatic rings. The molecule has 0 N–H and O–H groups in total. The highest BCUT2D eigenvalue weighted by molar-refractivity contribution is 5.94. The minimum atomic E-state index is -0.116. The maximum absolute atomic E-state index is 10.8. The van der Waals surface area contributed by atoms with Crippen LogP contribution in [-0.2, 0) is 11.3 Å². The summed E-state index contributed by atoms with van der Waals surface area (Å²) in [5.74, 6) is -0.116. The van der Waals surface area contributed by atoms with E-state index in [1.165, 1.54) is 0 Å². The quantitative estimate of drug-likeness (QED) is 0.527. The lowest BCUT2D eigenvalue weighted by Crippen LogP contribution is -2.15. The van der Waals surface area contributed by atoms with Gasteiger partial charge in [0.1, 0.15) is 6.54 Å². The number of hydrogen-bond acceptors (Lipinski definition) is 2. The molecule has 0 spiro atoms. The molecule has 0 saturated heterocycles. The van der Waals surface area contributed by atoms with E-state index in [-0.39, 0.29) is 5.91 Å². The molecule has 1 aliphatic heterocycles. The SMILES string of the molecule is Cc1ncn2c1C=NC(=O)C2. The number of nitrogens with zero attached hydrogens (tertiary/aromatic N) is 3. The van der Waals surface area contributed by atoms with Crippen molar-refractivity contribution in [3.63, 3.8) is 0 Å². The Morgan fingerprint density at radius 1 is 1.64 bits per heavy atom. The molecule has 4 nitrogen and oxygen atoms in total. The molecule has 1 aliphatic rings. The number of amides is 1. The summed E-state index contributed by atoms with van der Waals surface area (Å²) in [6, 6.07) is 0. The first-order valence-corrected chi connectivity index (χ1v) is 3.36. The molecule has 1 aromatic heterocycles. The van der Waals surface area contributed by atoms with Gasteiger partial charge in [-0.25, -0.2) is 9.98 Å². The first-order chi connectivity index (χ1) is 5.27. The Balaban J connectivity index is 2.56. The van der Waals surface area contributed by atoms with Crippen LogP contribution in [0.5, 0.6) is 0 Å². The molecule has 0 atom stereocenters. The second kappa shape index (κ2) is 2.02. The van der Waals surface area contributed by atoms with E-state index in [9.17, 15) is 4.79 Å². The van der Waals surface area contributed by atoms with Crippen molar-refractivity contribution in [2.45, 2.75) is 13.5 Å². The van der Waals surface area contributed by atoms with E-state index in [2.05, 4.69) is 9.98 Å². The van der Waals surface area contributed by atoms with E-state index in [0.717, 1.165) is 11.4 Å². The summed E-state index contributed by atoms with van der Waals surface area (Å²) in [4.78, 5) is 18.5. The lowest BCUT2D eigenvalue weighted by Gasteiger charge is -2.05. The molecule has 11 heavy (non-hydrogen) atoms. The predicted molar refractivity (Wildman–Crippen MR) is 39.6 cm³/mol. The summed E-state index contributed by atoms with van der Waals surface area (Å²) in [5.41, 5.74) is 1.85. The third-order valence-corrected chi connectivity index (χ3v) is 1.71. The minimum absolute atomic E-state index is 0.116. The molecular formula is C7H7N3O. The van der Waals surface area contributed by atoms with Crippen LogP contribution in [0.4, 0.5) is 0 Å². The maximum atomic E-state index is 10.8. The fourth-order valence-electron chi connectivity index (χ4n) is 1.11. The summed E-state index contributed by atoms with van der Waals surface area (Å²) < 4.78 is 1.80. The molecule has 2 heterocycles. The third-order valence-electron chi connectivity index (χ3n) is 1.71. The zero-order valence-corrected chi connectivity index (χ0v) is 6.11. The van der Waals surface area contributed by atoms with Gasteiger partial charge in [0.2, 0.25) is 0 Å². The lowest BCUT2D eigenvalue weighted by atomic mass is 10.3. The van der Waals surface area contributed by atoms with E-state index in [0.29, 0.717) is 6.54 Å². The molecule has 0 fully saturated rings. The maximum Gasteiger partial charge on any atom is 0.265 e. The molecular weight excluding hydrogens is 142 g/mol. The highest BCUT2D eigenvalue weighted by Crippen LogP contribution is 2.07. The Morgan fingerprint density at radius 2 is 2.45 bits per heavy atom. The summed E-state index contributed by atoms with van der Waals surface area (Å²) in [7, 11) is 0. The van der Waals surface area contributed by atoms with Gasteiger partial charge in [0.05, 0.1) is 23.9 Å². The molecule has 56 valence electrons. The number of carbonyl (C=O) groups excluding carboxylic acids is 1. The van der Waals surface area contributed by atoms with E-state index in [4.69, 9.17) is 0 Å². The molecule has 0 aliphatic carbocycles. The first kappa shape index (κ1) is 6.27. The van der Waals surface area contributed by atoms with Crippen molar-refractivity contribution in [1.82, 2.24) is 9.55 Å². The fourth-order valence-corrected chi connectivity index (χ4v) is 1.11. The van der Waals surface area contributed by atoms with Crippen molar-refractivity contribution in [2.24, 2.45) is 4.99 Å². The van der Waals surface area contributed by atoms with Crippen molar-refractivity contribution in [1.29, 1.82) is 0 Å². The van der Waals surface area contributed by atoms with Gasteiger partial charge < -0.3 is 4.57 Å². The largest absolute Gasteiger partial charge is 0.320 e. The van der Waals surface area contributed by atoms with Crippen molar-refractivity contribution in [3.05, 3.63) is 17.7 Å². The van der Waals surface area contributed by atoms with Gasteiger partial charge in [0, 0.05) is 0 Å². The second-order valence-corrected chi connectivity index (χ2v) is 2.50. The molecule has 0 saturated carbocycles. The van der Waals surface area contributed by atoms with Crippen LogP contribution in [0.1, 0.15) is 11.4 Å². The van der Waals surface area contributed by atoms with Gasteiger partial charge >= 0.3 is 0 Å². The Morgan fingerprint density at radius 3 is 3.27 bits per heavy atom. The average Bonchev–Trinajstić information content (AvgIpc) is 2.32. The third kappa shape index (κ3) is 0.869. The number of rotatable bonds is 0. The van der Waals surface area contributed by atoms with E-state index < -0.39 is 0 Å². The van der Waals surface area contributed by atoms with Crippen molar-refractivity contribution in [2.75, 3.05) is 0 Å². The summed E-state index contributed by atoms with van der Waals surface area (Å²) in [6.45, 7) is 2.22. The molecule has 4 heteroatoms. The number of imidazole rings is 1. The number of carbonyl (C=O) groups is 1. The zero-order chi connectivity index (χ0) is 7.84. The van der Waals surface area contributed by atoms with Gasteiger partial charge in [-0.2, -0.15) is 0 Å². The van der Waals surface area contributed by atoms with Crippen LogP contribution in [0.2, 0.25) is 0 Å². The van der Waals surface area contributed by atoms with Gasteiger partial charge in [-0.1, -0.05) is 0 Å². The van der Waals surface area contributed by atoms with Crippen molar-refractivity contribution in [3.8, 4) is 0 Å². The number of aromatic nitrogens is 2. The molecule has 0 bridgehead atoms. The van der Waals surface area contributed by atoms with Crippen LogP contribution < -0.4 is 0 Å². The molecule has 1 amide bonds. The van der Waals surface area contributed by atoms with E-state index in [1.807, 2.05) is 6.92 Å². The van der Waals surface area contributed by atoms with Gasteiger partial charge in [-0.3, -0.25) is 4.79 Å². The topological polar surface area (TPSA) is 47.2 Å². The summed E-state index contributed by atoms with van der Waals surface area (Å²) in [6.07, 6.45) is 3.22. The standard InChI is InChI=1S/C7H7N3O/c1-5-6-2-8-7(11)3-10(6)4-9-5/h2,4H,3H2,1H3. The predicted octanol–water partition coefficient (Wildman–Crippen LogP) is 0.151.